The predicted octanol–water partition coefficient (Wildman–Crippen LogP) is 6.73. The minimum atomic E-state index is 0.225. The van der Waals surface area contributed by atoms with Gasteiger partial charge >= 0.3 is 0 Å². The Morgan fingerprint density at radius 1 is 0.938 bits per heavy atom. The zero-order chi connectivity index (χ0) is 24.2. The third-order valence-electron chi connectivity index (χ3n) is 5.23. The number of aryl methyl sites for hydroxylation is 2. The highest BCUT2D eigenvalue weighted by Crippen LogP contribution is 2.29. The molecule has 0 saturated heterocycles. The largest absolute Gasteiger partial charge is 0.506 e. The van der Waals surface area contributed by atoms with Gasteiger partial charge in [0, 0.05) is 0 Å². The number of carbonyl (C=O) groups is 1. The van der Waals surface area contributed by atoms with Crippen LogP contribution in [0.5, 0.6) is 5.75 Å². The molecule has 0 aliphatic heterocycles. The fourth-order valence-electron chi connectivity index (χ4n) is 3.26. The number of nitrogen functional groups attached to an aromatic ring is 1. The minimum Gasteiger partial charge on any atom is -0.506 e. The van der Waals surface area contributed by atoms with Crippen LogP contribution in [0.4, 0.5) is 5.69 Å². The van der Waals surface area contributed by atoms with Crippen LogP contribution in [-0.4, -0.2) is 11.9 Å². The van der Waals surface area contributed by atoms with Crippen molar-refractivity contribution in [3.8, 4) is 5.75 Å². The molecule has 0 heterocycles. The third kappa shape index (κ3) is 15.1. The van der Waals surface area contributed by atoms with E-state index in [0.717, 1.165) is 18.8 Å². The molecule has 2 aliphatic carbocycles. The average Bonchev–Trinajstić information content (AvgIpc) is 3.70. The molecule has 2 aromatic rings. The Bertz CT molecular complexity index is 718. The maximum atomic E-state index is 9.50. The van der Waals surface area contributed by atoms with Gasteiger partial charge in [0.15, 0.2) is 0 Å². The highest BCUT2D eigenvalue weighted by Gasteiger charge is 2.14. The average molecular weight is 441 g/mol. The van der Waals surface area contributed by atoms with Crippen LogP contribution in [0.25, 0.3) is 0 Å². The second-order valence-electron chi connectivity index (χ2n) is 8.24. The van der Waals surface area contributed by atoms with E-state index in [1.54, 1.807) is 6.07 Å². The Hall–Kier alpha value is -2.75. The lowest BCUT2D eigenvalue weighted by Crippen LogP contribution is -2.09. The van der Waals surface area contributed by atoms with Crippen molar-refractivity contribution in [1.29, 1.82) is 0 Å². The van der Waals surface area contributed by atoms with Crippen molar-refractivity contribution in [2.45, 2.75) is 78.1 Å². The van der Waals surface area contributed by atoms with Gasteiger partial charge < -0.3 is 21.4 Å². The molecule has 5 N–H and O–H groups in total. The van der Waals surface area contributed by atoms with Gasteiger partial charge in [-0.2, -0.15) is 0 Å². The lowest BCUT2D eigenvalue weighted by Gasteiger charge is -2.21. The van der Waals surface area contributed by atoms with E-state index in [0.29, 0.717) is 5.69 Å². The first-order chi connectivity index (χ1) is 15.5. The minimum absolute atomic E-state index is 0.225. The molecular formula is C28H44N2O2. The SMILES string of the molecule is C1CC1.C=CN.C=O.CCc1ccc(C)cc1.Nc1ccc(CC2CCCCC2)cc1O. The van der Waals surface area contributed by atoms with Crippen LogP contribution in [0.2, 0.25) is 0 Å². The molecule has 2 fully saturated rings. The number of phenols is 1. The van der Waals surface area contributed by atoms with Gasteiger partial charge in [0.25, 0.3) is 0 Å². The van der Waals surface area contributed by atoms with Crippen molar-refractivity contribution in [2.75, 3.05) is 5.73 Å². The first-order valence-corrected chi connectivity index (χ1v) is 11.7. The van der Waals surface area contributed by atoms with E-state index in [4.69, 9.17) is 10.5 Å². The molecule has 4 rings (SSSR count). The summed E-state index contributed by atoms with van der Waals surface area (Å²) in [6.45, 7) is 9.42. The number of carbonyl (C=O) groups excluding carboxylic acids is 1. The van der Waals surface area contributed by atoms with Crippen LogP contribution < -0.4 is 11.5 Å². The van der Waals surface area contributed by atoms with E-state index >= 15 is 0 Å². The molecule has 0 atom stereocenters. The molecule has 2 aliphatic rings. The summed E-state index contributed by atoms with van der Waals surface area (Å²) in [4.78, 5) is 8.00. The normalized spacial score (nSPS) is 13.8. The number of anilines is 1. The summed E-state index contributed by atoms with van der Waals surface area (Å²) >= 11 is 0. The fraction of sp³-hybridized carbons (Fsp3) is 0.464. The van der Waals surface area contributed by atoms with Crippen LogP contribution in [0.3, 0.4) is 0 Å². The standard InChI is InChI=1S/C13H19NO.C9H12.C3H6.C2H5N.CH2O/c14-12-7-6-11(9-13(12)15)8-10-4-2-1-3-5-10;1-3-9-6-4-8(2)5-7-9;1-2-3-1;1-2-3;1-2/h6-7,9-10,15H,1-5,8,14H2;4-7H,3H2,1-2H3;1-3H2;2H,1,3H2;1H2. The topological polar surface area (TPSA) is 89.3 Å². The van der Waals surface area contributed by atoms with E-state index in [2.05, 4.69) is 50.4 Å². The molecule has 178 valence electrons. The van der Waals surface area contributed by atoms with Crippen molar-refractivity contribution in [3.63, 3.8) is 0 Å². The van der Waals surface area contributed by atoms with Gasteiger partial charge in [-0.05, 0) is 55.1 Å². The van der Waals surface area contributed by atoms with E-state index in [9.17, 15) is 5.11 Å². The van der Waals surface area contributed by atoms with Crippen molar-refractivity contribution < 1.29 is 9.90 Å². The number of benzene rings is 2. The Morgan fingerprint density at radius 2 is 1.41 bits per heavy atom. The van der Waals surface area contributed by atoms with Gasteiger partial charge in [-0.25, -0.2) is 0 Å². The zero-order valence-corrected chi connectivity index (χ0v) is 20.2. The summed E-state index contributed by atoms with van der Waals surface area (Å²) < 4.78 is 0. The lowest BCUT2D eigenvalue weighted by molar-refractivity contribution is -0.0979. The lowest BCUT2D eigenvalue weighted by atomic mass is 9.85. The van der Waals surface area contributed by atoms with Crippen LogP contribution in [-0.2, 0) is 17.6 Å². The Kier molecular flexibility index (Phi) is 17.3. The maximum Gasteiger partial charge on any atom is 0.138 e. The second-order valence-corrected chi connectivity index (χ2v) is 8.24. The summed E-state index contributed by atoms with van der Waals surface area (Å²) in [6.07, 6.45) is 14.8. The molecule has 0 unspecified atom stereocenters. The molecule has 0 aromatic heterocycles. The Labute approximate surface area is 195 Å². The number of hydrogen-bond donors (Lipinski definition) is 3. The van der Waals surface area contributed by atoms with Gasteiger partial charge in [0.1, 0.15) is 12.5 Å². The zero-order valence-electron chi connectivity index (χ0n) is 20.2. The van der Waals surface area contributed by atoms with Crippen LogP contribution in [0.1, 0.15) is 75.0 Å². The molecule has 0 amide bonds. The van der Waals surface area contributed by atoms with E-state index in [1.165, 1.54) is 74.3 Å². The molecule has 0 spiro atoms. The van der Waals surface area contributed by atoms with Crippen molar-refractivity contribution in [3.05, 3.63) is 71.9 Å². The molecule has 4 nitrogen and oxygen atoms in total. The smallest absolute Gasteiger partial charge is 0.138 e. The molecule has 0 bridgehead atoms. The van der Waals surface area contributed by atoms with Crippen molar-refractivity contribution in [1.82, 2.24) is 0 Å². The van der Waals surface area contributed by atoms with Crippen LogP contribution >= 0.6 is 0 Å². The van der Waals surface area contributed by atoms with E-state index in [1.807, 2.05) is 18.9 Å². The van der Waals surface area contributed by atoms with E-state index < -0.39 is 0 Å². The molecule has 2 saturated carbocycles. The van der Waals surface area contributed by atoms with E-state index in [-0.39, 0.29) is 5.75 Å². The maximum absolute atomic E-state index is 9.50. The number of nitrogens with two attached hydrogens (primary N) is 2. The summed E-state index contributed by atoms with van der Waals surface area (Å²) in [7, 11) is 0. The van der Waals surface area contributed by atoms with Gasteiger partial charge in [0.2, 0.25) is 0 Å². The summed E-state index contributed by atoms with van der Waals surface area (Å²) in [5, 5.41) is 9.50. The third-order valence-corrected chi connectivity index (χ3v) is 5.23. The molecule has 2 aromatic carbocycles. The van der Waals surface area contributed by atoms with Crippen LogP contribution in [0, 0.1) is 12.8 Å². The summed E-state index contributed by atoms with van der Waals surface area (Å²) in [6, 6.07) is 14.3. The number of phenolic OH excluding ortho intramolecular Hbond substituents is 1. The molecule has 32 heavy (non-hydrogen) atoms. The Morgan fingerprint density at radius 3 is 1.84 bits per heavy atom. The molecule has 0 radical (unpaired) electrons. The number of hydrogen-bond acceptors (Lipinski definition) is 4. The summed E-state index contributed by atoms with van der Waals surface area (Å²) in [5.41, 5.74) is 14.6. The summed E-state index contributed by atoms with van der Waals surface area (Å²) in [5.74, 6) is 1.03. The first kappa shape index (κ1) is 29.2. The number of aromatic hydroxyl groups is 1. The highest BCUT2D eigenvalue weighted by atomic mass is 16.3. The highest BCUT2D eigenvalue weighted by molar-refractivity contribution is 5.52. The van der Waals surface area contributed by atoms with Crippen molar-refractivity contribution in [2.24, 2.45) is 11.7 Å². The van der Waals surface area contributed by atoms with Crippen molar-refractivity contribution >= 4 is 12.5 Å². The van der Waals surface area contributed by atoms with Gasteiger partial charge in [-0.1, -0.05) is 101 Å². The van der Waals surface area contributed by atoms with Crippen LogP contribution in [0.15, 0.2) is 55.2 Å². The fourth-order valence-corrected chi connectivity index (χ4v) is 3.26. The monoisotopic (exact) mass is 440 g/mol. The van der Waals surface area contributed by atoms with Gasteiger partial charge in [-0.15, -0.1) is 0 Å². The first-order valence-electron chi connectivity index (χ1n) is 11.7. The number of rotatable bonds is 3. The predicted molar refractivity (Wildman–Crippen MR) is 139 cm³/mol. The van der Waals surface area contributed by atoms with Gasteiger partial charge in [-0.3, -0.25) is 0 Å². The molecule has 4 heteroatoms. The molecular weight excluding hydrogens is 396 g/mol. The van der Waals surface area contributed by atoms with Gasteiger partial charge in [0.05, 0.1) is 5.69 Å². The second kappa shape index (κ2) is 19.0. The Balaban J connectivity index is 0.000000477. The quantitative estimate of drug-likeness (QED) is 0.365.